The molecule has 5 heteroatoms. The number of phenols is 1. The first-order valence-electron chi connectivity index (χ1n) is 4.36. The number of aromatic hydroxyl groups is 1. The number of methoxy groups -OCH3 is 1. The third-order valence-electron chi connectivity index (χ3n) is 2.09. The van der Waals surface area contributed by atoms with Crippen LogP contribution in [0, 0.1) is 0 Å². The van der Waals surface area contributed by atoms with Crippen LogP contribution in [0.3, 0.4) is 0 Å². The molecule has 0 aromatic heterocycles. The summed E-state index contributed by atoms with van der Waals surface area (Å²) in [4.78, 5) is 11.4. The number of carbonyl (C=O) groups excluding carboxylic acids is 1. The maximum absolute atomic E-state index is 11.4. The van der Waals surface area contributed by atoms with Crippen LogP contribution in [-0.2, 0) is 9.53 Å². The van der Waals surface area contributed by atoms with Crippen LogP contribution in [0.25, 0.3) is 0 Å². The highest BCUT2D eigenvalue weighted by Gasteiger charge is 2.22. The normalized spacial score (nSPS) is 12.2. The van der Waals surface area contributed by atoms with Crippen molar-refractivity contribution >= 4 is 17.6 Å². The number of carbonyl (C=O) groups is 1. The van der Waals surface area contributed by atoms with Crippen molar-refractivity contribution in [3.8, 4) is 5.75 Å². The Morgan fingerprint density at radius 2 is 2.33 bits per heavy atom. The van der Waals surface area contributed by atoms with Crippen LogP contribution in [0.4, 0.5) is 0 Å². The summed E-state index contributed by atoms with van der Waals surface area (Å²) in [6.07, 6.45) is 0. The third kappa shape index (κ3) is 2.61. The molecular weight excluding hydrogens is 218 g/mol. The zero-order valence-electron chi connectivity index (χ0n) is 8.24. The van der Waals surface area contributed by atoms with E-state index in [0.29, 0.717) is 10.6 Å². The molecule has 0 aliphatic rings. The first-order valence-corrected chi connectivity index (χ1v) is 4.74. The van der Waals surface area contributed by atoms with Gasteiger partial charge in [0.1, 0.15) is 5.75 Å². The highest BCUT2D eigenvalue weighted by molar-refractivity contribution is 6.30. The topological polar surface area (TPSA) is 72.5 Å². The largest absolute Gasteiger partial charge is 0.508 e. The Labute approximate surface area is 92.6 Å². The van der Waals surface area contributed by atoms with E-state index in [9.17, 15) is 9.90 Å². The van der Waals surface area contributed by atoms with Crippen molar-refractivity contribution in [3.05, 3.63) is 28.8 Å². The molecule has 0 saturated carbocycles. The van der Waals surface area contributed by atoms with E-state index in [-0.39, 0.29) is 12.3 Å². The number of halogens is 1. The van der Waals surface area contributed by atoms with E-state index in [2.05, 4.69) is 4.74 Å². The lowest BCUT2D eigenvalue weighted by atomic mass is 9.98. The van der Waals surface area contributed by atoms with E-state index >= 15 is 0 Å². The van der Waals surface area contributed by atoms with Gasteiger partial charge in [0.15, 0.2) is 0 Å². The Balaban J connectivity index is 3.11. The van der Waals surface area contributed by atoms with Gasteiger partial charge in [-0.3, -0.25) is 4.79 Å². The summed E-state index contributed by atoms with van der Waals surface area (Å²) in [5.41, 5.74) is 5.83. The maximum Gasteiger partial charge on any atom is 0.314 e. The fraction of sp³-hybridized carbons (Fsp3) is 0.300. The van der Waals surface area contributed by atoms with Crippen LogP contribution in [0.1, 0.15) is 11.5 Å². The summed E-state index contributed by atoms with van der Waals surface area (Å²) in [5.74, 6) is -1.19. The van der Waals surface area contributed by atoms with Gasteiger partial charge in [-0.2, -0.15) is 0 Å². The van der Waals surface area contributed by atoms with Crippen LogP contribution in [0.15, 0.2) is 18.2 Å². The summed E-state index contributed by atoms with van der Waals surface area (Å²) < 4.78 is 4.58. The van der Waals surface area contributed by atoms with Gasteiger partial charge < -0.3 is 15.6 Å². The molecule has 0 fully saturated rings. The Hall–Kier alpha value is -1.26. The molecule has 0 spiro atoms. The second-order valence-electron chi connectivity index (χ2n) is 3.01. The molecule has 1 unspecified atom stereocenters. The number of nitrogens with two attached hydrogens (primary N) is 1. The van der Waals surface area contributed by atoms with Crippen LogP contribution in [0.5, 0.6) is 5.75 Å². The minimum Gasteiger partial charge on any atom is -0.508 e. The molecule has 0 aliphatic heterocycles. The van der Waals surface area contributed by atoms with Gasteiger partial charge in [0.25, 0.3) is 0 Å². The minimum absolute atomic E-state index is 0.0137. The molecule has 0 bridgehead atoms. The zero-order chi connectivity index (χ0) is 11.4. The summed E-state index contributed by atoms with van der Waals surface area (Å²) in [5, 5.41) is 9.99. The molecule has 0 aliphatic carbocycles. The van der Waals surface area contributed by atoms with Crippen molar-refractivity contribution in [1.29, 1.82) is 0 Å². The van der Waals surface area contributed by atoms with Gasteiger partial charge in [-0.05, 0) is 18.2 Å². The van der Waals surface area contributed by atoms with E-state index in [1.165, 1.54) is 25.3 Å². The summed E-state index contributed by atoms with van der Waals surface area (Å²) in [6.45, 7) is 0.0561. The van der Waals surface area contributed by atoms with E-state index in [4.69, 9.17) is 17.3 Å². The van der Waals surface area contributed by atoms with E-state index < -0.39 is 11.9 Å². The number of esters is 1. The molecule has 1 atom stereocenters. The fourth-order valence-corrected chi connectivity index (χ4v) is 1.48. The quantitative estimate of drug-likeness (QED) is 0.766. The number of ether oxygens (including phenoxy) is 1. The highest BCUT2D eigenvalue weighted by atomic mass is 35.5. The highest BCUT2D eigenvalue weighted by Crippen LogP contribution is 2.28. The first-order chi connectivity index (χ1) is 7.10. The van der Waals surface area contributed by atoms with Crippen molar-refractivity contribution in [1.82, 2.24) is 0 Å². The second-order valence-corrected chi connectivity index (χ2v) is 3.45. The van der Waals surface area contributed by atoms with Gasteiger partial charge >= 0.3 is 5.97 Å². The van der Waals surface area contributed by atoms with Crippen LogP contribution in [-0.4, -0.2) is 24.7 Å². The van der Waals surface area contributed by atoms with Crippen molar-refractivity contribution in [3.63, 3.8) is 0 Å². The van der Waals surface area contributed by atoms with Crippen LogP contribution < -0.4 is 5.73 Å². The van der Waals surface area contributed by atoms with Crippen molar-refractivity contribution in [2.45, 2.75) is 5.92 Å². The molecule has 0 radical (unpaired) electrons. The first kappa shape index (κ1) is 11.8. The predicted molar refractivity (Wildman–Crippen MR) is 56.9 cm³/mol. The Kier molecular flexibility index (Phi) is 3.94. The molecule has 0 saturated heterocycles. The number of hydrogen-bond acceptors (Lipinski definition) is 4. The number of rotatable bonds is 3. The van der Waals surface area contributed by atoms with Crippen molar-refractivity contribution in [2.75, 3.05) is 13.7 Å². The number of benzene rings is 1. The van der Waals surface area contributed by atoms with Gasteiger partial charge in [0.2, 0.25) is 0 Å². The standard InChI is InChI=1S/C10H12ClNO3/c1-15-10(14)8(5-12)7-4-6(11)2-3-9(7)13/h2-4,8,13H,5,12H2,1H3. The monoisotopic (exact) mass is 229 g/mol. The lowest BCUT2D eigenvalue weighted by molar-refractivity contribution is -0.142. The molecule has 15 heavy (non-hydrogen) atoms. The van der Waals surface area contributed by atoms with Gasteiger partial charge in [-0.1, -0.05) is 11.6 Å². The van der Waals surface area contributed by atoms with Crippen molar-refractivity contribution < 1.29 is 14.6 Å². The van der Waals surface area contributed by atoms with E-state index in [1.54, 1.807) is 0 Å². The molecule has 1 aromatic carbocycles. The number of phenolic OH excluding ortho intramolecular Hbond substituents is 1. The van der Waals surface area contributed by atoms with Gasteiger partial charge in [-0.25, -0.2) is 0 Å². The van der Waals surface area contributed by atoms with Crippen LogP contribution in [0.2, 0.25) is 5.02 Å². The van der Waals surface area contributed by atoms with Gasteiger partial charge in [-0.15, -0.1) is 0 Å². The maximum atomic E-state index is 11.4. The molecule has 3 N–H and O–H groups in total. The Bertz CT molecular complexity index is 368. The summed E-state index contributed by atoms with van der Waals surface area (Å²) in [6, 6.07) is 4.46. The SMILES string of the molecule is COC(=O)C(CN)c1cc(Cl)ccc1O. The Morgan fingerprint density at radius 1 is 1.67 bits per heavy atom. The van der Waals surface area contributed by atoms with E-state index in [0.717, 1.165) is 0 Å². The Morgan fingerprint density at radius 3 is 2.87 bits per heavy atom. The zero-order valence-corrected chi connectivity index (χ0v) is 8.99. The molecule has 0 heterocycles. The average Bonchev–Trinajstić information content (AvgIpc) is 2.23. The average molecular weight is 230 g/mol. The molecule has 4 nitrogen and oxygen atoms in total. The molecule has 1 rings (SSSR count). The van der Waals surface area contributed by atoms with Gasteiger partial charge in [0.05, 0.1) is 13.0 Å². The molecule has 82 valence electrons. The molecular formula is C10H12ClNO3. The minimum atomic E-state index is -0.686. The van der Waals surface area contributed by atoms with E-state index in [1.807, 2.05) is 0 Å². The molecule has 1 aromatic rings. The van der Waals surface area contributed by atoms with Gasteiger partial charge in [0, 0.05) is 17.1 Å². The van der Waals surface area contributed by atoms with Crippen molar-refractivity contribution in [2.24, 2.45) is 5.73 Å². The molecule has 0 amide bonds. The third-order valence-corrected chi connectivity index (χ3v) is 2.32. The smallest absolute Gasteiger partial charge is 0.314 e. The van der Waals surface area contributed by atoms with Crippen LogP contribution >= 0.6 is 11.6 Å². The lowest BCUT2D eigenvalue weighted by Crippen LogP contribution is -2.22. The second kappa shape index (κ2) is 5.00. The summed E-state index contributed by atoms with van der Waals surface area (Å²) >= 11 is 5.76. The number of hydrogen-bond donors (Lipinski definition) is 2. The predicted octanol–water partition coefficient (Wildman–Crippen LogP) is 1.26. The fourth-order valence-electron chi connectivity index (χ4n) is 1.30. The summed E-state index contributed by atoms with van der Waals surface area (Å²) in [7, 11) is 1.27. The lowest BCUT2D eigenvalue weighted by Gasteiger charge is -2.14.